The highest BCUT2D eigenvalue weighted by Crippen LogP contribution is 1.98. The van der Waals surface area contributed by atoms with Gasteiger partial charge in [-0.3, -0.25) is 14.4 Å². The van der Waals surface area contributed by atoms with Gasteiger partial charge in [0, 0.05) is 6.54 Å². The fourth-order valence-corrected chi connectivity index (χ4v) is 0.991. The van der Waals surface area contributed by atoms with Crippen molar-refractivity contribution in [1.29, 1.82) is 0 Å². The normalized spacial score (nSPS) is 9.50. The molecule has 5 heteroatoms. The smallest absolute Gasteiger partial charge is 0.293 e. The molecule has 0 N–H and O–H groups in total. The topological polar surface area (TPSA) is 55.8 Å². The molecule has 0 rings (SSSR count). The average molecular weight is 203 g/mol. The highest BCUT2D eigenvalue weighted by molar-refractivity contribution is 5.44. The predicted octanol–water partition coefficient (Wildman–Crippen LogP) is 0.740. The van der Waals surface area contributed by atoms with Crippen LogP contribution in [0.4, 0.5) is 0 Å². The lowest BCUT2D eigenvalue weighted by molar-refractivity contribution is -0.170. The number of hydrogen-bond donors (Lipinski definition) is 0. The molecule has 0 aromatic carbocycles. The van der Waals surface area contributed by atoms with Gasteiger partial charge in [0.1, 0.15) is 0 Å². The van der Waals surface area contributed by atoms with Crippen molar-refractivity contribution in [3.8, 4) is 0 Å². The van der Waals surface area contributed by atoms with Gasteiger partial charge in [0.2, 0.25) is 6.41 Å². The summed E-state index contributed by atoms with van der Waals surface area (Å²) in [7, 11) is 0. The van der Waals surface area contributed by atoms with Crippen LogP contribution in [-0.4, -0.2) is 37.7 Å². The molecule has 0 radical (unpaired) electrons. The van der Waals surface area contributed by atoms with Gasteiger partial charge in [0.05, 0.1) is 13.2 Å². The molecule has 0 aliphatic heterocycles. The third-order valence-corrected chi connectivity index (χ3v) is 1.62. The highest BCUT2D eigenvalue weighted by Gasteiger charge is 1.99. The predicted molar refractivity (Wildman–Crippen MR) is 50.3 cm³/mol. The molecule has 0 saturated heterocycles. The van der Waals surface area contributed by atoms with Crippen molar-refractivity contribution in [3.63, 3.8) is 0 Å². The van der Waals surface area contributed by atoms with Gasteiger partial charge in [-0.1, -0.05) is 0 Å². The molecule has 82 valence electrons. The van der Waals surface area contributed by atoms with Crippen molar-refractivity contribution in [2.24, 2.45) is 0 Å². The molecule has 1 amide bonds. The van der Waals surface area contributed by atoms with Crippen molar-refractivity contribution in [2.45, 2.75) is 26.2 Å². The van der Waals surface area contributed by atoms with E-state index in [0.717, 1.165) is 19.3 Å². The highest BCUT2D eigenvalue weighted by atomic mass is 16.7. The van der Waals surface area contributed by atoms with E-state index in [1.54, 1.807) is 0 Å². The van der Waals surface area contributed by atoms with Crippen molar-refractivity contribution in [2.75, 3.05) is 19.8 Å². The Hall–Kier alpha value is -1.10. The second kappa shape index (κ2) is 9.98. The Morgan fingerprint density at radius 2 is 2.00 bits per heavy atom. The van der Waals surface area contributed by atoms with Gasteiger partial charge < -0.3 is 4.74 Å². The number of rotatable bonds is 10. The lowest BCUT2D eigenvalue weighted by Crippen LogP contribution is -2.23. The fourth-order valence-electron chi connectivity index (χ4n) is 0.991. The van der Waals surface area contributed by atoms with E-state index in [0.29, 0.717) is 32.6 Å². The summed E-state index contributed by atoms with van der Waals surface area (Å²) in [5.41, 5.74) is 0. The molecule has 0 fully saturated rings. The Morgan fingerprint density at radius 3 is 2.57 bits per heavy atom. The summed E-state index contributed by atoms with van der Waals surface area (Å²) in [6.07, 6.45) is 3.25. The third kappa shape index (κ3) is 7.54. The molecule has 5 nitrogen and oxygen atoms in total. The number of carbonyl (C=O) groups is 2. The van der Waals surface area contributed by atoms with Crippen molar-refractivity contribution < 1.29 is 19.2 Å². The number of hydrogen-bond acceptors (Lipinski definition) is 4. The first kappa shape index (κ1) is 12.9. The van der Waals surface area contributed by atoms with E-state index in [-0.39, 0.29) is 0 Å². The summed E-state index contributed by atoms with van der Waals surface area (Å²) in [6.45, 7) is 3.79. The van der Waals surface area contributed by atoms with E-state index in [1.807, 2.05) is 6.92 Å². The van der Waals surface area contributed by atoms with Gasteiger partial charge in [0.15, 0.2) is 0 Å². The van der Waals surface area contributed by atoms with E-state index in [4.69, 9.17) is 4.84 Å². The number of amides is 1. The SMILES string of the molecule is CCON(C=O)CCCCCOC=O. The van der Waals surface area contributed by atoms with Gasteiger partial charge >= 0.3 is 0 Å². The van der Waals surface area contributed by atoms with Crippen LogP contribution >= 0.6 is 0 Å². The minimum Gasteiger partial charge on any atom is -0.468 e. The average Bonchev–Trinajstić information content (AvgIpc) is 2.21. The monoisotopic (exact) mass is 203 g/mol. The van der Waals surface area contributed by atoms with Crippen LogP contribution in [0, 0.1) is 0 Å². The summed E-state index contributed by atoms with van der Waals surface area (Å²) >= 11 is 0. The van der Waals surface area contributed by atoms with Crippen molar-refractivity contribution in [1.82, 2.24) is 5.06 Å². The van der Waals surface area contributed by atoms with Gasteiger partial charge in [-0.2, -0.15) is 0 Å². The maximum absolute atomic E-state index is 10.4. The molecular formula is C9H17NO4. The zero-order valence-electron chi connectivity index (χ0n) is 8.48. The minimum absolute atomic E-state index is 0.442. The van der Waals surface area contributed by atoms with Crippen LogP contribution in [0.1, 0.15) is 26.2 Å². The first-order chi connectivity index (χ1) is 6.85. The first-order valence-electron chi connectivity index (χ1n) is 4.75. The van der Waals surface area contributed by atoms with Gasteiger partial charge in [-0.15, -0.1) is 0 Å². The van der Waals surface area contributed by atoms with Crippen LogP contribution in [0.2, 0.25) is 0 Å². The Morgan fingerprint density at radius 1 is 1.21 bits per heavy atom. The number of ether oxygens (including phenoxy) is 1. The van der Waals surface area contributed by atoms with E-state index in [2.05, 4.69) is 4.74 Å². The number of carbonyl (C=O) groups excluding carboxylic acids is 2. The van der Waals surface area contributed by atoms with E-state index in [1.165, 1.54) is 5.06 Å². The van der Waals surface area contributed by atoms with Crippen LogP contribution < -0.4 is 0 Å². The van der Waals surface area contributed by atoms with Gasteiger partial charge in [-0.05, 0) is 26.2 Å². The van der Waals surface area contributed by atoms with Crippen LogP contribution in [0.3, 0.4) is 0 Å². The first-order valence-corrected chi connectivity index (χ1v) is 4.75. The van der Waals surface area contributed by atoms with Crippen LogP contribution in [-0.2, 0) is 19.2 Å². The maximum Gasteiger partial charge on any atom is 0.293 e. The van der Waals surface area contributed by atoms with E-state index < -0.39 is 0 Å². The Bertz CT molecular complexity index is 152. The zero-order valence-corrected chi connectivity index (χ0v) is 8.48. The lowest BCUT2D eigenvalue weighted by Gasteiger charge is -2.14. The van der Waals surface area contributed by atoms with Crippen LogP contribution in [0.5, 0.6) is 0 Å². The zero-order chi connectivity index (χ0) is 10.6. The van der Waals surface area contributed by atoms with Crippen LogP contribution in [0.25, 0.3) is 0 Å². The Kier molecular flexibility index (Phi) is 9.20. The van der Waals surface area contributed by atoms with Crippen molar-refractivity contribution >= 4 is 12.9 Å². The summed E-state index contributed by atoms with van der Waals surface area (Å²) in [5.74, 6) is 0. The van der Waals surface area contributed by atoms with Crippen LogP contribution in [0.15, 0.2) is 0 Å². The number of nitrogens with zero attached hydrogens (tertiary/aromatic N) is 1. The molecule has 0 spiro atoms. The fraction of sp³-hybridized carbons (Fsp3) is 0.778. The standard InChI is InChI=1S/C9H17NO4/c1-2-14-10(8-11)6-4-3-5-7-13-9-12/h8-9H,2-7H2,1H3. The molecule has 0 bridgehead atoms. The van der Waals surface area contributed by atoms with Gasteiger partial charge in [-0.25, -0.2) is 5.06 Å². The molecule has 0 atom stereocenters. The second-order valence-electron chi connectivity index (χ2n) is 2.69. The Balaban J connectivity index is 3.23. The molecule has 0 aromatic rings. The quantitative estimate of drug-likeness (QED) is 0.298. The Labute approximate surface area is 83.9 Å². The summed E-state index contributed by atoms with van der Waals surface area (Å²) in [4.78, 5) is 25.2. The minimum atomic E-state index is 0.442. The number of hydroxylamine groups is 2. The lowest BCUT2D eigenvalue weighted by atomic mass is 10.2. The molecule has 0 aromatic heterocycles. The van der Waals surface area contributed by atoms with Crippen molar-refractivity contribution in [3.05, 3.63) is 0 Å². The molecule has 0 aliphatic rings. The second-order valence-corrected chi connectivity index (χ2v) is 2.69. The van der Waals surface area contributed by atoms with E-state index >= 15 is 0 Å². The molecule has 0 unspecified atom stereocenters. The summed E-state index contributed by atoms with van der Waals surface area (Å²) < 4.78 is 4.52. The van der Waals surface area contributed by atoms with E-state index in [9.17, 15) is 9.59 Å². The molecule has 0 heterocycles. The van der Waals surface area contributed by atoms with Gasteiger partial charge in [0.25, 0.3) is 6.47 Å². The maximum atomic E-state index is 10.4. The number of unbranched alkanes of at least 4 members (excludes halogenated alkanes) is 2. The summed E-state index contributed by atoms with van der Waals surface area (Å²) in [5, 5.41) is 1.28. The largest absolute Gasteiger partial charge is 0.468 e. The molecule has 0 aliphatic carbocycles. The molecule has 0 saturated carbocycles. The molecular weight excluding hydrogens is 186 g/mol. The third-order valence-electron chi connectivity index (χ3n) is 1.62. The summed E-state index contributed by atoms with van der Waals surface area (Å²) in [6, 6.07) is 0. The molecule has 14 heavy (non-hydrogen) atoms.